The molecule has 230 valence electrons. The standard InChI is InChI=1S/C30H29F6N3O3S/c1-18-16-37(10-11-39(18)28(41)20-13-21(29(31,32)33)15-22(14-20)30(34,35)36)26(40)17-38-9-7-25-24(8-12-43-25)27(38)19-3-5-23(42-2)6-4-19/h3-6,8,12-15,18,27H,7,9-11,16-17H2,1-2H3/t18-,27+/m1/s1. The number of alkyl halides is 6. The van der Waals surface area contributed by atoms with Crippen LogP contribution in [0.5, 0.6) is 5.75 Å². The Morgan fingerprint density at radius 1 is 0.930 bits per heavy atom. The molecule has 1 saturated heterocycles. The van der Waals surface area contributed by atoms with Crippen molar-refractivity contribution in [3.63, 3.8) is 0 Å². The maximum Gasteiger partial charge on any atom is 0.416 e. The number of amides is 2. The second-order valence-corrected chi connectivity index (χ2v) is 11.7. The topological polar surface area (TPSA) is 53.1 Å². The number of carbonyl (C=O) groups excluding carboxylic acids is 2. The largest absolute Gasteiger partial charge is 0.497 e. The number of thiophene rings is 1. The summed E-state index contributed by atoms with van der Waals surface area (Å²) in [6.45, 7) is 2.55. The fraction of sp³-hybridized carbons (Fsp3) is 0.400. The van der Waals surface area contributed by atoms with Gasteiger partial charge in [-0.05, 0) is 66.2 Å². The third-order valence-corrected chi connectivity index (χ3v) is 8.91. The van der Waals surface area contributed by atoms with E-state index in [1.807, 2.05) is 29.6 Å². The summed E-state index contributed by atoms with van der Waals surface area (Å²) in [5, 5.41) is 2.03. The third-order valence-electron chi connectivity index (χ3n) is 7.91. The maximum atomic E-state index is 13.5. The lowest BCUT2D eigenvalue weighted by Crippen LogP contribution is -2.57. The van der Waals surface area contributed by atoms with Crippen molar-refractivity contribution in [1.82, 2.24) is 14.7 Å². The number of rotatable bonds is 5. The molecule has 0 bridgehead atoms. The van der Waals surface area contributed by atoms with Crippen LogP contribution in [0.15, 0.2) is 53.9 Å². The summed E-state index contributed by atoms with van der Waals surface area (Å²) in [7, 11) is 1.59. The van der Waals surface area contributed by atoms with Gasteiger partial charge in [-0.3, -0.25) is 14.5 Å². The summed E-state index contributed by atoms with van der Waals surface area (Å²) >= 11 is 1.68. The van der Waals surface area contributed by atoms with Crippen LogP contribution in [0.2, 0.25) is 0 Å². The Kier molecular flexibility index (Phi) is 8.50. The molecule has 0 saturated carbocycles. The van der Waals surface area contributed by atoms with E-state index in [0.29, 0.717) is 24.4 Å². The maximum absolute atomic E-state index is 13.5. The highest BCUT2D eigenvalue weighted by Gasteiger charge is 2.39. The van der Waals surface area contributed by atoms with E-state index in [2.05, 4.69) is 11.0 Å². The van der Waals surface area contributed by atoms with Crippen molar-refractivity contribution in [2.75, 3.05) is 39.8 Å². The molecule has 0 unspecified atom stereocenters. The Labute approximate surface area is 248 Å². The number of piperazine rings is 1. The molecule has 6 nitrogen and oxygen atoms in total. The number of fused-ring (bicyclic) bond motifs is 1. The van der Waals surface area contributed by atoms with Gasteiger partial charge in [0.15, 0.2) is 0 Å². The number of halogens is 6. The summed E-state index contributed by atoms with van der Waals surface area (Å²) in [6.07, 6.45) is -9.33. The SMILES string of the molecule is COc1ccc([C@H]2c3ccsc3CCN2CC(=O)N2CCN(C(=O)c3cc(C(F)(F)F)cc(C(F)(F)F)c3)[C@H](C)C2)cc1. The highest BCUT2D eigenvalue weighted by Crippen LogP contribution is 2.39. The fourth-order valence-corrected chi connectivity index (χ4v) is 6.62. The summed E-state index contributed by atoms with van der Waals surface area (Å²) < 4.78 is 85.3. The lowest BCUT2D eigenvalue weighted by Gasteiger charge is -2.42. The molecular formula is C30H29F6N3O3S. The van der Waals surface area contributed by atoms with Crippen LogP contribution in [0.1, 0.15) is 50.5 Å². The molecule has 3 heterocycles. The van der Waals surface area contributed by atoms with Crippen LogP contribution in [0.3, 0.4) is 0 Å². The van der Waals surface area contributed by atoms with Crippen LogP contribution in [-0.4, -0.2) is 72.4 Å². The zero-order valence-electron chi connectivity index (χ0n) is 23.3. The van der Waals surface area contributed by atoms with Gasteiger partial charge in [0.05, 0.1) is 30.8 Å². The highest BCUT2D eigenvalue weighted by atomic mass is 32.1. The molecule has 43 heavy (non-hydrogen) atoms. The first-order valence-electron chi connectivity index (χ1n) is 13.6. The van der Waals surface area contributed by atoms with E-state index < -0.39 is 41.0 Å². The molecule has 2 aliphatic heterocycles. The average molecular weight is 626 g/mol. The number of benzene rings is 2. The number of hydrogen-bond donors (Lipinski definition) is 0. The summed E-state index contributed by atoms with van der Waals surface area (Å²) in [4.78, 5) is 32.9. The average Bonchev–Trinajstić information content (AvgIpc) is 3.44. The molecule has 0 radical (unpaired) electrons. The van der Waals surface area contributed by atoms with Crippen LogP contribution in [-0.2, 0) is 23.6 Å². The minimum absolute atomic E-state index is 0.00430. The minimum atomic E-state index is -5.06. The van der Waals surface area contributed by atoms with Crippen LogP contribution in [0.4, 0.5) is 26.3 Å². The fourth-order valence-electron chi connectivity index (χ4n) is 5.72. The quantitative estimate of drug-likeness (QED) is 0.321. The van der Waals surface area contributed by atoms with E-state index in [1.165, 1.54) is 9.78 Å². The van der Waals surface area contributed by atoms with Crippen LogP contribution < -0.4 is 4.74 Å². The molecule has 3 aromatic rings. The summed E-state index contributed by atoms with van der Waals surface area (Å²) in [5.74, 6) is -0.403. The zero-order chi connectivity index (χ0) is 31.1. The van der Waals surface area contributed by atoms with E-state index in [-0.39, 0.29) is 44.2 Å². The lowest BCUT2D eigenvalue weighted by atomic mass is 9.93. The van der Waals surface area contributed by atoms with E-state index in [9.17, 15) is 35.9 Å². The number of nitrogens with zero attached hydrogens (tertiary/aromatic N) is 3. The monoisotopic (exact) mass is 625 g/mol. The van der Waals surface area contributed by atoms with Gasteiger partial charge in [0.1, 0.15) is 5.75 Å². The van der Waals surface area contributed by atoms with Crippen LogP contribution >= 0.6 is 11.3 Å². The molecule has 0 aliphatic carbocycles. The molecule has 0 spiro atoms. The zero-order valence-corrected chi connectivity index (χ0v) is 24.2. The van der Waals surface area contributed by atoms with Crippen molar-refractivity contribution in [2.24, 2.45) is 0 Å². The van der Waals surface area contributed by atoms with Gasteiger partial charge in [-0.1, -0.05) is 12.1 Å². The van der Waals surface area contributed by atoms with Crippen molar-refractivity contribution in [1.29, 1.82) is 0 Å². The molecule has 2 atom stereocenters. The summed E-state index contributed by atoms with van der Waals surface area (Å²) in [6, 6.07) is 9.85. The van der Waals surface area contributed by atoms with Crippen molar-refractivity contribution in [2.45, 2.75) is 37.8 Å². The van der Waals surface area contributed by atoms with Crippen molar-refractivity contribution in [3.05, 3.63) is 86.6 Å². The predicted octanol–water partition coefficient (Wildman–Crippen LogP) is 6.11. The van der Waals surface area contributed by atoms with Crippen LogP contribution in [0.25, 0.3) is 0 Å². The molecule has 2 aliphatic rings. The van der Waals surface area contributed by atoms with Gasteiger partial charge in [-0.25, -0.2) is 0 Å². The van der Waals surface area contributed by atoms with Gasteiger partial charge in [-0.2, -0.15) is 26.3 Å². The first-order chi connectivity index (χ1) is 20.3. The second-order valence-electron chi connectivity index (χ2n) is 10.7. The summed E-state index contributed by atoms with van der Waals surface area (Å²) in [5.41, 5.74) is -1.65. The van der Waals surface area contributed by atoms with Gasteiger partial charge in [0, 0.05) is 42.7 Å². The van der Waals surface area contributed by atoms with Gasteiger partial charge < -0.3 is 14.5 Å². The second kappa shape index (κ2) is 11.8. The van der Waals surface area contributed by atoms with Crippen molar-refractivity contribution in [3.8, 4) is 5.75 Å². The Hall–Kier alpha value is -3.58. The Balaban J connectivity index is 1.30. The number of ether oxygens (including phenoxy) is 1. The molecule has 2 amide bonds. The Bertz CT molecular complexity index is 1460. The van der Waals surface area contributed by atoms with Gasteiger partial charge in [-0.15, -0.1) is 11.3 Å². The highest BCUT2D eigenvalue weighted by molar-refractivity contribution is 7.10. The van der Waals surface area contributed by atoms with Crippen molar-refractivity contribution < 1.29 is 40.7 Å². The van der Waals surface area contributed by atoms with Gasteiger partial charge in [0.2, 0.25) is 5.91 Å². The Morgan fingerprint density at radius 3 is 2.16 bits per heavy atom. The predicted molar refractivity (Wildman–Crippen MR) is 148 cm³/mol. The van der Waals surface area contributed by atoms with Gasteiger partial charge in [0.25, 0.3) is 5.91 Å². The molecule has 2 aromatic carbocycles. The number of hydrogen-bond acceptors (Lipinski definition) is 5. The number of methoxy groups -OCH3 is 1. The molecule has 5 rings (SSSR count). The smallest absolute Gasteiger partial charge is 0.416 e. The van der Waals surface area contributed by atoms with Crippen LogP contribution in [0, 0.1) is 0 Å². The molecule has 1 fully saturated rings. The normalized spacial score (nSPS) is 19.7. The first-order valence-corrected chi connectivity index (χ1v) is 14.5. The Morgan fingerprint density at radius 2 is 1.58 bits per heavy atom. The number of carbonyl (C=O) groups is 2. The van der Waals surface area contributed by atoms with Crippen molar-refractivity contribution >= 4 is 23.2 Å². The first kappa shape index (κ1) is 30.9. The molecule has 13 heteroatoms. The van der Waals surface area contributed by atoms with E-state index in [1.54, 1.807) is 30.3 Å². The minimum Gasteiger partial charge on any atom is -0.497 e. The molecule has 0 N–H and O–H groups in total. The van der Waals surface area contributed by atoms with E-state index in [0.717, 1.165) is 17.5 Å². The third kappa shape index (κ3) is 6.52. The van der Waals surface area contributed by atoms with E-state index >= 15 is 0 Å². The molecule has 1 aromatic heterocycles. The lowest BCUT2D eigenvalue weighted by molar-refractivity contribution is -0.143. The van der Waals surface area contributed by atoms with E-state index in [4.69, 9.17) is 4.74 Å². The van der Waals surface area contributed by atoms with Gasteiger partial charge >= 0.3 is 12.4 Å². The molecular weight excluding hydrogens is 596 g/mol.